The molecule has 1 aromatic rings. The molecule has 0 aliphatic heterocycles. The number of nitro benzene ring substituents is 1. The van der Waals surface area contributed by atoms with Gasteiger partial charge in [0.2, 0.25) is 0 Å². The van der Waals surface area contributed by atoms with Crippen molar-refractivity contribution >= 4 is 30.4 Å². The van der Waals surface area contributed by atoms with Crippen LogP contribution in [0.3, 0.4) is 0 Å². The van der Waals surface area contributed by atoms with Gasteiger partial charge >= 0.3 is 5.97 Å². The van der Waals surface area contributed by atoms with E-state index in [9.17, 15) is 19.3 Å². The second-order valence-electron chi connectivity index (χ2n) is 3.55. The first kappa shape index (κ1) is 15.2. The summed E-state index contributed by atoms with van der Waals surface area (Å²) in [6, 6.07) is 1.82. The van der Waals surface area contributed by atoms with E-state index in [4.69, 9.17) is 0 Å². The summed E-state index contributed by atoms with van der Waals surface area (Å²) >= 11 is 3.99. The van der Waals surface area contributed by atoms with Crippen molar-refractivity contribution in [2.75, 3.05) is 12.9 Å². The first-order chi connectivity index (χ1) is 9.01. The van der Waals surface area contributed by atoms with Gasteiger partial charge in [0, 0.05) is 11.6 Å². The van der Waals surface area contributed by atoms with Crippen molar-refractivity contribution in [2.24, 2.45) is 0 Å². The number of hydrogen-bond acceptors (Lipinski definition) is 5. The molecule has 0 unspecified atom stereocenters. The molecule has 0 fully saturated rings. The van der Waals surface area contributed by atoms with Crippen molar-refractivity contribution < 1.29 is 18.8 Å². The van der Waals surface area contributed by atoms with E-state index >= 15 is 0 Å². The van der Waals surface area contributed by atoms with Crippen molar-refractivity contribution in [3.8, 4) is 0 Å². The van der Waals surface area contributed by atoms with Gasteiger partial charge < -0.3 is 4.74 Å². The van der Waals surface area contributed by atoms with Crippen molar-refractivity contribution in [3.05, 3.63) is 45.3 Å². The van der Waals surface area contributed by atoms with Crippen LogP contribution in [0.15, 0.2) is 18.2 Å². The summed E-state index contributed by atoms with van der Waals surface area (Å²) in [5, 5.41) is 10.9. The summed E-state index contributed by atoms with van der Waals surface area (Å²) in [6.07, 6.45) is 3.67. The summed E-state index contributed by atoms with van der Waals surface area (Å²) in [4.78, 5) is 21.5. The number of rotatable bonds is 5. The Balaban J connectivity index is 3.28. The predicted molar refractivity (Wildman–Crippen MR) is 71.9 cm³/mol. The molecule has 0 saturated carbocycles. The van der Waals surface area contributed by atoms with Crippen LogP contribution in [0.2, 0.25) is 0 Å². The Hall–Kier alpha value is -1.89. The molecule has 0 N–H and O–H groups in total. The Morgan fingerprint density at radius 3 is 2.79 bits per heavy atom. The number of carbonyl (C=O) groups excluding carboxylic acids is 1. The van der Waals surface area contributed by atoms with Gasteiger partial charge in [0.1, 0.15) is 11.4 Å². The molecule has 5 nitrogen and oxygen atoms in total. The minimum absolute atomic E-state index is 0.0427. The maximum atomic E-state index is 13.7. The van der Waals surface area contributed by atoms with Crippen LogP contribution >= 0.6 is 12.6 Å². The fraction of sp³-hybridized carbons (Fsp3) is 0.250. The molecule has 0 aliphatic carbocycles. The summed E-state index contributed by atoms with van der Waals surface area (Å²) in [5.41, 5.74) is -0.851. The standard InChI is InChI=1S/C12H12FNO4S/c1-18-12(15)9-7-10(13)8(4-2-3-5-19)6-11(9)14(16)17/h2,4,6-7,19H,3,5H2,1H3. The van der Waals surface area contributed by atoms with Crippen LogP contribution in [0.25, 0.3) is 6.08 Å². The number of halogens is 1. The normalized spacial score (nSPS) is 10.7. The number of nitro groups is 1. The van der Waals surface area contributed by atoms with E-state index < -0.39 is 28.0 Å². The molecular weight excluding hydrogens is 273 g/mol. The van der Waals surface area contributed by atoms with Gasteiger partial charge in [0.25, 0.3) is 5.69 Å². The fourth-order valence-electron chi connectivity index (χ4n) is 1.42. The lowest BCUT2D eigenvalue weighted by Gasteiger charge is -2.04. The number of allylic oxidation sites excluding steroid dienone is 1. The van der Waals surface area contributed by atoms with Gasteiger partial charge in [-0.3, -0.25) is 10.1 Å². The zero-order chi connectivity index (χ0) is 14.4. The summed E-state index contributed by atoms with van der Waals surface area (Å²) in [6.45, 7) is 0. The molecule has 0 saturated heterocycles. The highest BCUT2D eigenvalue weighted by Crippen LogP contribution is 2.24. The van der Waals surface area contributed by atoms with E-state index in [1.54, 1.807) is 6.08 Å². The molecule has 0 aliphatic rings. The van der Waals surface area contributed by atoms with Crippen LogP contribution in [-0.2, 0) is 4.74 Å². The minimum Gasteiger partial charge on any atom is -0.465 e. The average molecular weight is 285 g/mol. The second kappa shape index (κ2) is 6.89. The maximum absolute atomic E-state index is 13.7. The van der Waals surface area contributed by atoms with Crippen molar-refractivity contribution in [1.82, 2.24) is 0 Å². The van der Waals surface area contributed by atoms with Crippen molar-refractivity contribution in [3.63, 3.8) is 0 Å². The van der Waals surface area contributed by atoms with Gasteiger partial charge in [0.05, 0.1) is 12.0 Å². The van der Waals surface area contributed by atoms with Gasteiger partial charge in [-0.25, -0.2) is 9.18 Å². The van der Waals surface area contributed by atoms with Crippen LogP contribution in [0, 0.1) is 15.9 Å². The van der Waals surface area contributed by atoms with E-state index in [-0.39, 0.29) is 5.56 Å². The Bertz CT molecular complexity index is 531. The highest BCUT2D eigenvalue weighted by Gasteiger charge is 2.23. The Morgan fingerprint density at radius 2 is 2.26 bits per heavy atom. The van der Waals surface area contributed by atoms with Crippen molar-refractivity contribution in [1.29, 1.82) is 0 Å². The highest BCUT2D eigenvalue weighted by molar-refractivity contribution is 7.80. The van der Waals surface area contributed by atoms with Crippen LogP contribution < -0.4 is 0 Å². The number of methoxy groups -OCH3 is 1. The third-order valence-electron chi connectivity index (χ3n) is 2.31. The molecule has 0 amide bonds. The number of ether oxygens (including phenoxy) is 1. The third kappa shape index (κ3) is 3.78. The molecule has 7 heteroatoms. The summed E-state index contributed by atoms with van der Waals surface area (Å²) in [7, 11) is 1.07. The lowest BCUT2D eigenvalue weighted by Crippen LogP contribution is -2.07. The number of benzene rings is 1. The SMILES string of the molecule is COC(=O)c1cc(F)c(C=CCCS)cc1[N+](=O)[O-]. The van der Waals surface area contributed by atoms with Crippen LogP contribution in [0.5, 0.6) is 0 Å². The first-order valence-electron chi connectivity index (χ1n) is 5.35. The van der Waals surface area contributed by atoms with Gasteiger partial charge in [-0.2, -0.15) is 12.6 Å². The van der Waals surface area contributed by atoms with Crippen LogP contribution in [0.4, 0.5) is 10.1 Å². The Labute approximate surface area is 114 Å². The number of nitrogens with zero attached hydrogens (tertiary/aromatic N) is 1. The zero-order valence-electron chi connectivity index (χ0n) is 10.1. The lowest BCUT2D eigenvalue weighted by molar-refractivity contribution is -0.385. The molecule has 102 valence electrons. The molecule has 0 bridgehead atoms. The Morgan fingerprint density at radius 1 is 1.58 bits per heavy atom. The highest BCUT2D eigenvalue weighted by atomic mass is 32.1. The van der Waals surface area contributed by atoms with Gasteiger partial charge in [-0.15, -0.1) is 0 Å². The van der Waals surface area contributed by atoms with Crippen LogP contribution in [-0.4, -0.2) is 23.8 Å². The minimum atomic E-state index is -0.948. The molecular formula is C12H12FNO4S. The second-order valence-corrected chi connectivity index (χ2v) is 4.00. The maximum Gasteiger partial charge on any atom is 0.344 e. The Kier molecular flexibility index (Phi) is 5.50. The largest absolute Gasteiger partial charge is 0.465 e. The monoisotopic (exact) mass is 285 g/mol. The molecule has 1 rings (SSSR count). The van der Waals surface area contributed by atoms with Gasteiger partial charge in [-0.1, -0.05) is 12.2 Å². The number of carbonyl (C=O) groups is 1. The van der Waals surface area contributed by atoms with E-state index in [1.807, 2.05) is 0 Å². The number of hydrogen-bond donors (Lipinski definition) is 1. The van der Waals surface area contributed by atoms with Crippen LogP contribution in [0.1, 0.15) is 22.3 Å². The average Bonchev–Trinajstić information content (AvgIpc) is 2.39. The smallest absolute Gasteiger partial charge is 0.344 e. The van der Waals surface area contributed by atoms with E-state index in [0.29, 0.717) is 12.2 Å². The predicted octanol–water partition coefficient (Wildman–Crippen LogP) is 2.85. The van der Waals surface area contributed by atoms with E-state index in [1.165, 1.54) is 6.08 Å². The molecule has 0 aromatic heterocycles. The topological polar surface area (TPSA) is 69.4 Å². The number of thiol groups is 1. The molecule has 0 atom stereocenters. The number of esters is 1. The molecule has 1 aromatic carbocycles. The summed E-state index contributed by atoms with van der Waals surface area (Å²) < 4.78 is 18.1. The molecule has 0 spiro atoms. The fourth-order valence-corrected chi connectivity index (χ4v) is 1.56. The van der Waals surface area contributed by atoms with Gasteiger partial charge in [0.15, 0.2) is 0 Å². The zero-order valence-corrected chi connectivity index (χ0v) is 11.0. The third-order valence-corrected chi connectivity index (χ3v) is 2.57. The summed E-state index contributed by atoms with van der Waals surface area (Å²) in [5.74, 6) is -1.08. The first-order valence-corrected chi connectivity index (χ1v) is 5.98. The van der Waals surface area contributed by atoms with E-state index in [0.717, 1.165) is 19.2 Å². The van der Waals surface area contributed by atoms with E-state index in [2.05, 4.69) is 17.4 Å². The van der Waals surface area contributed by atoms with Gasteiger partial charge in [-0.05, 0) is 18.2 Å². The molecule has 0 radical (unpaired) electrons. The van der Waals surface area contributed by atoms with Crippen molar-refractivity contribution in [2.45, 2.75) is 6.42 Å². The quantitative estimate of drug-likeness (QED) is 0.391. The molecule has 19 heavy (non-hydrogen) atoms. The molecule has 0 heterocycles. The lowest BCUT2D eigenvalue weighted by atomic mass is 10.1.